The van der Waals surface area contributed by atoms with Gasteiger partial charge in [-0.25, -0.2) is 0 Å². The first-order valence-corrected chi connectivity index (χ1v) is 8.53. The number of hydrogen-bond acceptors (Lipinski definition) is 3. The van der Waals surface area contributed by atoms with Crippen molar-refractivity contribution in [2.24, 2.45) is 0 Å². The first kappa shape index (κ1) is 15.6. The summed E-state index contributed by atoms with van der Waals surface area (Å²) in [5, 5.41) is 3.19. The molecule has 0 bridgehead atoms. The van der Waals surface area contributed by atoms with Crippen LogP contribution in [0.4, 0.5) is 0 Å². The number of amides is 1. The zero-order chi connectivity index (χ0) is 15.3. The average Bonchev–Trinajstić information content (AvgIpc) is 3.11. The van der Waals surface area contributed by atoms with Gasteiger partial charge < -0.3 is 14.6 Å². The predicted molar refractivity (Wildman–Crippen MR) is 85.8 cm³/mol. The van der Waals surface area contributed by atoms with Gasteiger partial charge in [0.2, 0.25) is 5.91 Å². The van der Waals surface area contributed by atoms with E-state index in [0.29, 0.717) is 0 Å². The van der Waals surface area contributed by atoms with Gasteiger partial charge in [-0.2, -0.15) is 0 Å². The van der Waals surface area contributed by atoms with Crippen molar-refractivity contribution in [1.29, 1.82) is 0 Å². The molecule has 0 spiro atoms. The van der Waals surface area contributed by atoms with E-state index in [1.54, 1.807) is 0 Å². The second-order valence-electron chi connectivity index (χ2n) is 6.39. The Kier molecular flexibility index (Phi) is 5.16. The minimum atomic E-state index is -0.368. The summed E-state index contributed by atoms with van der Waals surface area (Å²) in [6.07, 6.45) is 9.48. The lowest BCUT2D eigenvalue weighted by Gasteiger charge is -2.37. The van der Waals surface area contributed by atoms with Crippen LogP contribution in [0.3, 0.4) is 0 Å². The Bertz CT molecular complexity index is 460. The van der Waals surface area contributed by atoms with Crippen molar-refractivity contribution in [3.8, 4) is 0 Å². The molecule has 0 radical (unpaired) electrons. The fourth-order valence-electron chi connectivity index (χ4n) is 3.68. The van der Waals surface area contributed by atoms with Crippen LogP contribution in [0, 0.1) is 0 Å². The second kappa shape index (κ2) is 7.29. The number of hydrogen-bond donors (Lipinski definition) is 1. The molecule has 1 aliphatic heterocycles. The normalized spacial score (nSPS) is 22.4. The molecule has 1 aromatic rings. The summed E-state index contributed by atoms with van der Waals surface area (Å²) in [7, 11) is 0. The predicted octanol–water partition coefficient (Wildman–Crippen LogP) is 1.60. The van der Waals surface area contributed by atoms with Gasteiger partial charge in [0.15, 0.2) is 0 Å². The summed E-state index contributed by atoms with van der Waals surface area (Å²) in [6.45, 7) is 5.19. The molecule has 5 heteroatoms. The summed E-state index contributed by atoms with van der Waals surface area (Å²) in [6, 6.07) is 4.02. The monoisotopic (exact) mass is 305 g/mol. The van der Waals surface area contributed by atoms with E-state index in [1.807, 2.05) is 24.5 Å². The smallest absolute Gasteiger partial charge is 0.246 e. The molecular formula is C17H27N3O2. The number of ether oxygens (including phenoxy) is 1. The molecule has 1 aromatic heterocycles. The highest BCUT2D eigenvalue weighted by Gasteiger charge is 2.40. The highest BCUT2D eigenvalue weighted by atomic mass is 16.5. The molecule has 5 nitrogen and oxygen atoms in total. The van der Waals surface area contributed by atoms with Gasteiger partial charge in [-0.15, -0.1) is 0 Å². The fraction of sp³-hybridized carbons (Fsp3) is 0.706. The molecule has 122 valence electrons. The van der Waals surface area contributed by atoms with Crippen molar-refractivity contribution in [2.45, 2.75) is 37.6 Å². The molecule has 2 aliphatic rings. The van der Waals surface area contributed by atoms with E-state index in [2.05, 4.69) is 14.8 Å². The summed E-state index contributed by atoms with van der Waals surface area (Å²) < 4.78 is 7.48. The lowest BCUT2D eigenvalue weighted by atomic mass is 9.80. The quantitative estimate of drug-likeness (QED) is 0.899. The Hall–Kier alpha value is -1.33. The maximum Gasteiger partial charge on any atom is 0.246 e. The van der Waals surface area contributed by atoms with E-state index in [1.165, 1.54) is 6.42 Å². The van der Waals surface area contributed by atoms with Crippen molar-refractivity contribution in [3.63, 3.8) is 0 Å². The Balaban J connectivity index is 1.58. The minimum Gasteiger partial charge on any atom is -0.379 e. The molecule has 0 unspecified atom stereocenters. The second-order valence-corrected chi connectivity index (χ2v) is 6.39. The third kappa shape index (κ3) is 3.36. The van der Waals surface area contributed by atoms with Crippen molar-refractivity contribution in [2.75, 3.05) is 39.4 Å². The molecule has 2 fully saturated rings. The number of nitrogens with one attached hydrogen (secondary N) is 1. The maximum absolute atomic E-state index is 12.9. The Morgan fingerprint density at radius 1 is 1.09 bits per heavy atom. The molecule has 2 heterocycles. The molecule has 0 aromatic carbocycles. The van der Waals surface area contributed by atoms with Crippen molar-refractivity contribution < 1.29 is 9.53 Å². The summed E-state index contributed by atoms with van der Waals surface area (Å²) in [4.78, 5) is 15.2. The molecular weight excluding hydrogens is 278 g/mol. The first-order valence-electron chi connectivity index (χ1n) is 8.53. The zero-order valence-corrected chi connectivity index (χ0v) is 13.3. The number of morpholine rings is 1. The fourth-order valence-corrected chi connectivity index (χ4v) is 3.68. The van der Waals surface area contributed by atoms with Crippen LogP contribution < -0.4 is 5.32 Å². The zero-order valence-electron chi connectivity index (χ0n) is 13.3. The number of carbonyl (C=O) groups is 1. The molecule has 22 heavy (non-hydrogen) atoms. The first-order chi connectivity index (χ1) is 10.8. The van der Waals surface area contributed by atoms with Gasteiger partial charge in [0.25, 0.3) is 0 Å². The van der Waals surface area contributed by atoms with Crippen LogP contribution in [0.25, 0.3) is 0 Å². The highest BCUT2D eigenvalue weighted by Crippen LogP contribution is 2.35. The van der Waals surface area contributed by atoms with Gasteiger partial charge in [-0.05, 0) is 25.0 Å². The Labute approximate surface area is 132 Å². The molecule has 1 aliphatic carbocycles. The van der Waals surface area contributed by atoms with E-state index in [4.69, 9.17) is 4.74 Å². The molecule has 3 rings (SSSR count). The third-order valence-corrected chi connectivity index (χ3v) is 5.02. The van der Waals surface area contributed by atoms with Crippen LogP contribution in [-0.2, 0) is 15.1 Å². The van der Waals surface area contributed by atoms with Gasteiger partial charge in [0.05, 0.1) is 13.2 Å². The van der Waals surface area contributed by atoms with E-state index >= 15 is 0 Å². The Morgan fingerprint density at radius 3 is 2.45 bits per heavy atom. The summed E-state index contributed by atoms with van der Waals surface area (Å²) >= 11 is 0. The highest BCUT2D eigenvalue weighted by molar-refractivity contribution is 5.84. The van der Waals surface area contributed by atoms with Crippen molar-refractivity contribution >= 4 is 5.91 Å². The van der Waals surface area contributed by atoms with Gasteiger partial charge in [0, 0.05) is 38.6 Å². The van der Waals surface area contributed by atoms with Crippen LogP contribution in [0.2, 0.25) is 0 Å². The van der Waals surface area contributed by atoms with E-state index < -0.39 is 0 Å². The average molecular weight is 305 g/mol. The lowest BCUT2D eigenvalue weighted by Crippen LogP contribution is -2.51. The summed E-state index contributed by atoms with van der Waals surface area (Å²) in [5.74, 6) is 0.191. The van der Waals surface area contributed by atoms with Gasteiger partial charge in [0.1, 0.15) is 5.54 Å². The standard InChI is InChI=1S/C17H27N3O2/c21-16(18-8-11-19-12-14-22-15-13-19)17(6-2-1-3-7-17)20-9-4-5-10-20/h4-5,9-10H,1-3,6-8,11-15H2,(H,18,21). The lowest BCUT2D eigenvalue weighted by molar-refractivity contribution is -0.131. The number of aromatic nitrogens is 1. The molecule has 1 saturated heterocycles. The van der Waals surface area contributed by atoms with Gasteiger partial charge in [-0.3, -0.25) is 9.69 Å². The van der Waals surface area contributed by atoms with Crippen molar-refractivity contribution in [3.05, 3.63) is 24.5 Å². The number of carbonyl (C=O) groups excluding carboxylic acids is 1. The minimum absolute atomic E-state index is 0.191. The summed E-state index contributed by atoms with van der Waals surface area (Å²) in [5.41, 5.74) is -0.368. The molecule has 0 atom stereocenters. The van der Waals surface area contributed by atoms with E-state index in [9.17, 15) is 4.79 Å². The van der Waals surface area contributed by atoms with Crippen molar-refractivity contribution in [1.82, 2.24) is 14.8 Å². The van der Waals surface area contributed by atoms with Crippen LogP contribution >= 0.6 is 0 Å². The number of rotatable bonds is 5. The van der Waals surface area contributed by atoms with Crippen LogP contribution in [0.5, 0.6) is 0 Å². The molecule has 1 amide bonds. The van der Waals surface area contributed by atoms with Gasteiger partial charge >= 0.3 is 0 Å². The van der Waals surface area contributed by atoms with E-state index in [-0.39, 0.29) is 11.4 Å². The van der Waals surface area contributed by atoms with E-state index in [0.717, 1.165) is 65.1 Å². The largest absolute Gasteiger partial charge is 0.379 e. The third-order valence-electron chi connectivity index (χ3n) is 5.02. The molecule has 1 N–H and O–H groups in total. The SMILES string of the molecule is O=C(NCCN1CCOCC1)C1(n2cccc2)CCCCC1. The van der Waals surface area contributed by atoms with Crippen LogP contribution in [0.15, 0.2) is 24.5 Å². The number of nitrogens with zero attached hydrogens (tertiary/aromatic N) is 2. The van der Waals surface area contributed by atoms with Gasteiger partial charge in [-0.1, -0.05) is 19.3 Å². The molecule has 1 saturated carbocycles. The Morgan fingerprint density at radius 2 is 1.77 bits per heavy atom. The topological polar surface area (TPSA) is 46.5 Å². The van der Waals surface area contributed by atoms with Crippen LogP contribution in [0.1, 0.15) is 32.1 Å². The van der Waals surface area contributed by atoms with Crippen LogP contribution in [-0.4, -0.2) is 54.8 Å². The maximum atomic E-state index is 12.9.